The summed E-state index contributed by atoms with van der Waals surface area (Å²) in [6, 6.07) is 7.78. The van der Waals surface area contributed by atoms with Crippen LogP contribution in [0.4, 0.5) is 0 Å². The summed E-state index contributed by atoms with van der Waals surface area (Å²) in [5.41, 5.74) is 2.13. The maximum atomic E-state index is 11.0. The highest BCUT2D eigenvalue weighted by Crippen LogP contribution is 2.09. The summed E-state index contributed by atoms with van der Waals surface area (Å²) >= 11 is 0. The van der Waals surface area contributed by atoms with Crippen molar-refractivity contribution in [3.05, 3.63) is 35.4 Å². The standard InChI is InChI=1S/C10H15NO2S/c1-8-4-3-5-10(6-8)7-9(2)14(11,12)13/h3-6,9H,7H2,1-2H3,(H2,11,12,13). The van der Waals surface area contributed by atoms with E-state index in [0.717, 1.165) is 11.1 Å². The van der Waals surface area contributed by atoms with Crippen molar-refractivity contribution in [2.24, 2.45) is 5.14 Å². The van der Waals surface area contributed by atoms with Crippen LogP contribution in [-0.2, 0) is 16.4 Å². The van der Waals surface area contributed by atoms with Gasteiger partial charge in [-0.15, -0.1) is 0 Å². The van der Waals surface area contributed by atoms with Gasteiger partial charge in [0, 0.05) is 0 Å². The van der Waals surface area contributed by atoms with E-state index in [1.807, 2.05) is 31.2 Å². The van der Waals surface area contributed by atoms with Gasteiger partial charge in [0.2, 0.25) is 10.0 Å². The zero-order chi connectivity index (χ0) is 10.8. The number of rotatable bonds is 3. The SMILES string of the molecule is Cc1cccc(CC(C)S(N)(=O)=O)c1. The highest BCUT2D eigenvalue weighted by molar-refractivity contribution is 7.89. The lowest BCUT2D eigenvalue weighted by Gasteiger charge is -2.09. The quantitative estimate of drug-likeness (QED) is 0.820. The van der Waals surface area contributed by atoms with Crippen LogP contribution in [-0.4, -0.2) is 13.7 Å². The first kappa shape index (κ1) is 11.2. The summed E-state index contributed by atoms with van der Waals surface area (Å²) in [5.74, 6) is 0. The minimum Gasteiger partial charge on any atom is -0.228 e. The van der Waals surface area contributed by atoms with E-state index in [4.69, 9.17) is 5.14 Å². The van der Waals surface area contributed by atoms with Crippen LogP contribution in [0, 0.1) is 6.92 Å². The second-order valence-corrected chi connectivity index (χ2v) is 5.58. The first-order valence-corrected chi connectivity index (χ1v) is 6.07. The third kappa shape index (κ3) is 3.12. The van der Waals surface area contributed by atoms with E-state index < -0.39 is 15.3 Å². The molecule has 0 heterocycles. The molecule has 0 spiro atoms. The maximum Gasteiger partial charge on any atom is 0.212 e. The van der Waals surface area contributed by atoms with Gasteiger partial charge >= 0.3 is 0 Å². The Morgan fingerprint density at radius 3 is 2.57 bits per heavy atom. The summed E-state index contributed by atoms with van der Waals surface area (Å²) in [6.07, 6.45) is 0.473. The first-order chi connectivity index (χ1) is 6.39. The van der Waals surface area contributed by atoms with E-state index in [0.29, 0.717) is 6.42 Å². The van der Waals surface area contributed by atoms with Gasteiger partial charge in [-0.2, -0.15) is 0 Å². The lowest BCUT2D eigenvalue weighted by molar-refractivity contribution is 0.584. The summed E-state index contributed by atoms with van der Waals surface area (Å²) < 4.78 is 22.0. The van der Waals surface area contributed by atoms with Crippen LogP contribution >= 0.6 is 0 Å². The molecule has 0 saturated heterocycles. The van der Waals surface area contributed by atoms with Crippen molar-refractivity contribution in [3.8, 4) is 0 Å². The van der Waals surface area contributed by atoms with Gasteiger partial charge in [-0.25, -0.2) is 13.6 Å². The number of hydrogen-bond acceptors (Lipinski definition) is 2. The summed E-state index contributed by atoms with van der Waals surface area (Å²) in [7, 11) is -3.41. The molecule has 0 amide bonds. The second-order valence-electron chi connectivity index (χ2n) is 3.59. The molecule has 0 aliphatic rings. The predicted octanol–water partition coefficient (Wildman–Crippen LogP) is 1.21. The monoisotopic (exact) mass is 213 g/mol. The van der Waals surface area contributed by atoms with Gasteiger partial charge in [0.25, 0.3) is 0 Å². The number of hydrogen-bond donors (Lipinski definition) is 1. The molecule has 0 saturated carbocycles. The Morgan fingerprint density at radius 1 is 1.43 bits per heavy atom. The molecule has 1 unspecified atom stereocenters. The number of sulfonamides is 1. The topological polar surface area (TPSA) is 60.2 Å². The second kappa shape index (κ2) is 4.11. The van der Waals surface area contributed by atoms with E-state index >= 15 is 0 Å². The molecule has 0 aliphatic carbocycles. The highest BCUT2D eigenvalue weighted by Gasteiger charge is 2.15. The molecule has 3 nitrogen and oxygen atoms in total. The van der Waals surface area contributed by atoms with Gasteiger partial charge in [0.05, 0.1) is 5.25 Å². The van der Waals surface area contributed by atoms with Crippen molar-refractivity contribution in [2.45, 2.75) is 25.5 Å². The predicted molar refractivity (Wildman–Crippen MR) is 57.5 cm³/mol. The molecule has 2 N–H and O–H groups in total. The molecule has 0 aliphatic heterocycles. The van der Waals surface area contributed by atoms with Crippen LogP contribution in [0.5, 0.6) is 0 Å². The number of benzene rings is 1. The van der Waals surface area contributed by atoms with Crippen molar-refractivity contribution in [1.82, 2.24) is 0 Å². The number of aryl methyl sites for hydroxylation is 1. The Balaban J connectivity index is 2.80. The third-order valence-electron chi connectivity index (χ3n) is 2.17. The van der Waals surface area contributed by atoms with Crippen LogP contribution in [0.15, 0.2) is 24.3 Å². The minimum absolute atomic E-state index is 0.473. The Bertz CT molecular complexity index is 412. The van der Waals surface area contributed by atoms with E-state index in [9.17, 15) is 8.42 Å². The van der Waals surface area contributed by atoms with Gasteiger partial charge in [-0.1, -0.05) is 29.8 Å². The lowest BCUT2D eigenvalue weighted by Crippen LogP contribution is -2.27. The van der Waals surface area contributed by atoms with Gasteiger partial charge in [0.1, 0.15) is 0 Å². The zero-order valence-corrected chi connectivity index (χ0v) is 9.21. The average Bonchev–Trinajstić information content (AvgIpc) is 2.02. The smallest absolute Gasteiger partial charge is 0.212 e. The van der Waals surface area contributed by atoms with Gasteiger partial charge in [-0.05, 0) is 25.8 Å². The summed E-state index contributed by atoms with van der Waals surface area (Å²) in [5, 5.41) is 4.51. The molecule has 0 radical (unpaired) electrons. The largest absolute Gasteiger partial charge is 0.228 e. The van der Waals surface area contributed by atoms with E-state index in [1.54, 1.807) is 6.92 Å². The Kier molecular flexibility index (Phi) is 3.29. The molecule has 1 rings (SSSR count). The van der Waals surface area contributed by atoms with Crippen molar-refractivity contribution < 1.29 is 8.42 Å². The molecule has 14 heavy (non-hydrogen) atoms. The fourth-order valence-corrected chi connectivity index (χ4v) is 1.71. The molecule has 0 fully saturated rings. The Labute approximate surface area is 85.0 Å². The number of nitrogens with two attached hydrogens (primary N) is 1. The van der Waals surface area contributed by atoms with E-state index in [2.05, 4.69) is 0 Å². The molecule has 78 valence electrons. The van der Waals surface area contributed by atoms with Crippen molar-refractivity contribution in [3.63, 3.8) is 0 Å². The first-order valence-electron chi connectivity index (χ1n) is 4.47. The maximum absolute atomic E-state index is 11.0. The van der Waals surface area contributed by atoms with Crippen LogP contribution in [0.25, 0.3) is 0 Å². The summed E-state index contributed by atoms with van der Waals surface area (Å²) in [4.78, 5) is 0. The molecule has 0 aromatic heterocycles. The zero-order valence-electron chi connectivity index (χ0n) is 8.40. The molecule has 1 aromatic carbocycles. The third-order valence-corrected chi connectivity index (χ3v) is 3.45. The van der Waals surface area contributed by atoms with Crippen LogP contribution in [0.2, 0.25) is 0 Å². The number of primary sulfonamides is 1. The normalized spacial score (nSPS) is 13.9. The van der Waals surface area contributed by atoms with Crippen LogP contribution < -0.4 is 5.14 Å². The molecular formula is C10H15NO2S. The molecular weight excluding hydrogens is 198 g/mol. The molecule has 4 heteroatoms. The summed E-state index contributed by atoms with van der Waals surface area (Å²) in [6.45, 7) is 3.60. The average molecular weight is 213 g/mol. The molecule has 1 aromatic rings. The van der Waals surface area contributed by atoms with Gasteiger partial charge in [0.15, 0.2) is 0 Å². The fourth-order valence-electron chi connectivity index (χ4n) is 1.29. The Hall–Kier alpha value is -0.870. The van der Waals surface area contributed by atoms with Crippen LogP contribution in [0.3, 0.4) is 0 Å². The van der Waals surface area contributed by atoms with E-state index in [-0.39, 0.29) is 0 Å². The van der Waals surface area contributed by atoms with Gasteiger partial charge in [-0.3, -0.25) is 0 Å². The van der Waals surface area contributed by atoms with Crippen molar-refractivity contribution in [1.29, 1.82) is 0 Å². The minimum atomic E-state index is -3.41. The van der Waals surface area contributed by atoms with E-state index in [1.165, 1.54) is 0 Å². The molecule has 0 bridgehead atoms. The highest BCUT2D eigenvalue weighted by atomic mass is 32.2. The van der Waals surface area contributed by atoms with Crippen molar-refractivity contribution >= 4 is 10.0 Å². The lowest BCUT2D eigenvalue weighted by atomic mass is 10.1. The fraction of sp³-hybridized carbons (Fsp3) is 0.400. The van der Waals surface area contributed by atoms with Gasteiger partial charge < -0.3 is 0 Å². The Morgan fingerprint density at radius 2 is 2.07 bits per heavy atom. The van der Waals surface area contributed by atoms with Crippen LogP contribution in [0.1, 0.15) is 18.1 Å². The van der Waals surface area contributed by atoms with Crippen molar-refractivity contribution in [2.75, 3.05) is 0 Å². The molecule has 1 atom stereocenters.